The molecule has 5 aromatic heterocycles. The van der Waals surface area contributed by atoms with E-state index < -0.39 is 0 Å². The number of hydrogen-bond donors (Lipinski definition) is 3. The molecule has 1 fully saturated rings. The van der Waals surface area contributed by atoms with E-state index in [0.717, 1.165) is 69.0 Å². The minimum atomic E-state index is -0.300. The third kappa shape index (κ3) is 4.57. The van der Waals surface area contributed by atoms with E-state index in [1.165, 1.54) is 31.7 Å². The molecule has 0 bridgehead atoms. The molecule has 0 spiro atoms. The summed E-state index contributed by atoms with van der Waals surface area (Å²) in [6.45, 7) is 1.86. The molecule has 1 aliphatic carbocycles. The molecule has 0 aliphatic heterocycles. The second-order valence-electron chi connectivity index (χ2n) is 10.3. The van der Waals surface area contributed by atoms with Crippen molar-refractivity contribution in [2.45, 2.75) is 32.2 Å². The fourth-order valence-corrected chi connectivity index (χ4v) is 5.69. The Hall–Kier alpha value is -4.43. The van der Waals surface area contributed by atoms with E-state index in [0.29, 0.717) is 11.3 Å². The topological polar surface area (TPSA) is 95.2 Å². The summed E-state index contributed by atoms with van der Waals surface area (Å²) in [5, 5.41) is 13.1. The number of halogens is 1. The van der Waals surface area contributed by atoms with E-state index in [9.17, 15) is 4.39 Å². The second-order valence-corrected chi connectivity index (χ2v) is 10.3. The van der Waals surface area contributed by atoms with Gasteiger partial charge < -0.3 is 10.3 Å². The van der Waals surface area contributed by atoms with Crippen molar-refractivity contribution in [2.24, 2.45) is 5.92 Å². The van der Waals surface area contributed by atoms with Gasteiger partial charge >= 0.3 is 0 Å². The molecule has 0 unspecified atom stereocenters. The molecule has 8 heteroatoms. The largest absolute Gasteiger partial charge is 0.353 e. The van der Waals surface area contributed by atoms with Crippen molar-refractivity contribution < 1.29 is 4.39 Å². The van der Waals surface area contributed by atoms with E-state index >= 15 is 0 Å². The van der Waals surface area contributed by atoms with E-state index in [2.05, 4.69) is 41.5 Å². The Kier molecular flexibility index (Phi) is 6.09. The molecule has 194 valence electrons. The summed E-state index contributed by atoms with van der Waals surface area (Å²) in [7, 11) is 0. The van der Waals surface area contributed by atoms with Crippen LogP contribution in [0, 0.1) is 11.7 Å². The zero-order chi connectivity index (χ0) is 26.2. The van der Waals surface area contributed by atoms with E-state index in [1.807, 2.05) is 36.7 Å². The van der Waals surface area contributed by atoms with E-state index in [-0.39, 0.29) is 5.82 Å². The van der Waals surface area contributed by atoms with Crippen LogP contribution >= 0.6 is 0 Å². The zero-order valence-electron chi connectivity index (χ0n) is 21.4. The van der Waals surface area contributed by atoms with Crippen molar-refractivity contribution in [2.75, 3.05) is 6.54 Å². The molecule has 7 nitrogen and oxygen atoms in total. The number of aromatic nitrogens is 6. The smallest absolute Gasteiger partial charge is 0.132 e. The lowest BCUT2D eigenvalue weighted by molar-refractivity contribution is 0.489. The third-order valence-corrected chi connectivity index (χ3v) is 7.71. The SMILES string of the molecule is Fc1ccccc1-c1nccc2[nH]c(-c3n[nH]c4cnc(-c5cncc(CNCC6CCCC6)c5)cc34)cc12. The lowest BCUT2D eigenvalue weighted by Crippen LogP contribution is -2.20. The Morgan fingerprint density at radius 3 is 2.67 bits per heavy atom. The van der Waals surface area contributed by atoms with Crippen LogP contribution in [0.5, 0.6) is 0 Å². The predicted octanol–water partition coefficient (Wildman–Crippen LogP) is 6.65. The molecule has 0 atom stereocenters. The molecule has 0 amide bonds. The second kappa shape index (κ2) is 10.0. The van der Waals surface area contributed by atoms with Gasteiger partial charge in [0, 0.05) is 52.6 Å². The standard InChI is InChI=1S/C31H28FN7/c32-25-8-4-3-7-22(25)30-23-13-28(37-26(23)9-10-35-30)31-24-12-27(36-18-29(24)38-39-31)21-11-20(16-34-17-21)15-33-14-19-5-1-2-6-19/h3-4,7-13,16-19,33,37H,1-2,5-6,14-15H2,(H,38,39). The average Bonchev–Trinajstić information content (AvgIpc) is 3.73. The molecule has 6 aromatic rings. The van der Waals surface area contributed by atoms with Gasteiger partial charge in [-0.05, 0) is 67.3 Å². The fraction of sp³-hybridized carbons (Fsp3) is 0.226. The number of aromatic amines is 2. The van der Waals surface area contributed by atoms with E-state index in [1.54, 1.807) is 24.5 Å². The van der Waals surface area contributed by atoms with Gasteiger partial charge in [-0.2, -0.15) is 5.10 Å². The van der Waals surface area contributed by atoms with Crippen LogP contribution in [0.4, 0.5) is 4.39 Å². The lowest BCUT2D eigenvalue weighted by Gasteiger charge is -2.11. The van der Waals surface area contributed by atoms with Gasteiger partial charge in [0.2, 0.25) is 0 Å². The Morgan fingerprint density at radius 2 is 1.77 bits per heavy atom. The molecular weight excluding hydrogens is 489 g/mol. The Balaban J connectivity index is 1.21. The van der Waals surface area contributed by atoms with Crippen LogP contribution in [0.1, 0.15) is 31.2 Å². The number of benzene rings is 1. The number of rotatable bonds is 7. The van der Waals surface area contributed by atoms with Gasteiger partial charge in [-0.25, -0.2) is 4.39 Å². The summed E-state index contributed by atoms with van der Waals surface area (Å²) in [4.78, 5) is 17.1. The molecule has 3 N–H and O–H groups in total. The maximum Gasteiger partial charge on any atom is 0.132 e. The summed E-state index contributed by atoms with van der Waals surface area (Å²) in [5.74, 6) is 0.499. The van der Waals surface area contributed by atoms with Gasteiger partial charge in [-0.15, -0.1) is 0 Å². The van der Waals surface area contributed by atoms with Crippen LogP contribution in [-0.4, -0.2) is 36.7 Å². The lowest BCUT2D eigenvalue weighted by atomic mass is 10.1. The van der Waals surface area contributed by atoms with Crippen LogP contribution in [-0.2, 0) is 6.54 Å². The summed E-state index contributed by atoms with van der Waals surface area (Å²) in [5.41, 5.74) is 7.30. The molecule has 39 heavy (non-hydrogen) atoms. The van der Waals surface area contributed by atoms with Gasteiger partial charge in [0.25, 0.3) is 0 Å². The maximum absolute atomic E-state index is 14.6. The first kappa shape index (κ1) is 23.7. The van der Waals surface area contributed by atoms with Crippen molar-refractivity contribution in [3.8, 4) is 33.9 Å². The van der Waals surface area contributed by atoms with Gasteiger partial charge in [0.1, 0.15) is 11.5 Å². The fourth-order valence-electron chi connectivity index (χ4n) is 5.69. The van der Waals surface area contributed by atoms with Crippen LogP contribution in [0.15, 0.2) is 73.3 Å². The number of nitrogens with one attached hydrogen (secondary N) is 3. The summed E-state index contributed by atoms with van der Waals surface area (Å²) >= 11 is 0. The monoisotopic (exact) mass is 517 g/mol. The molecule has 0 radical (unpaired) electrons. The number of hydrogen-bond acceptors (Lipinski definition) is 5. The van der Waals surface area contributed by atoms with Gasteiger partial charge in [-0.1, -0.05) is 25.0 Å². The average molecular weight is 518 g/mol. The first-order valence-corrected chi connectivity index (χ1v) is 13.4. The van der Waals surface area contributed by atoms with Crippen molar-refractivity contribution in [1.82, 2.24) is 35.5 Å². The first-order chi connectivity index (χ1) is 19.2. The Morgan fingerprint density at radius 1 is 0.897 bits per heavy atom. The van der Waals surface area contributed by atoms with Crippen LogP contribution < -0.4 is 5.32 Å². The normalized spacial score (nSPS) is 14.1. The minimum absolute atomic E-state index is 0.300. The quantitative estimate of drug-likeness (QED) is 0.220. The number of fused-ring (bicyclic) bond motifs is 2. The van der Waals surface area contributed by atoms with Gasteiger partial charge in [-0.3, -0.25) is 20.1 Å². The number of pyridine rings is 3. The molecule has 1 aromatic carbocycles. The first-order valence-electron chi connectivity index (χ1n) is 13.4. The summed E-state index contributed by atoms with van der Waals surface area (Å²) < 4.78 is 14.6. The van der Waals surface area contributed by atoms with Crippen molar-refractivity contribution in [3.63, 3.8) is 0 Å². The summed E-state index contributed by atoms with van der Waals surface area (Å²) in [6.07, 6.45) is 12.6. The third-order valence-electron chi connectivity index (χ3n) is 7.71. The Labute approximate surface area is 224 Å². The van der Waals surface area contributed by atoms with Crippen LogP contribution in [0.25, 0.3) is 55.7 Å². The van der Waals surface area contributed by atoms with E-state index in [4.69, 9.17) is 0 Å². The highest BCUT2D eigenvalue weighted by atomic mass is 19.1. The molecular formula is C31H28FN7. The predicted molar refractivity (Wildman–Crippen MR) is 151 cm³/mol. The molecule has 5 heterocycles. The highest BCUT2D eigenvalue weighted by Crippen LogP contribution is 2.34. The van der Waals surface area contributed by atoms with Crippen LogP contribution in [0.2, 0.25) is 0 Å². The van der Waals surface area contributed by atoms with Crippen molar-refractivity contribution in [3.05, 3.63) is 84.7 Å². The highest BCUT2D eigenvalue weighted by Gasteiger charge is 2.17. The zero-order valence-corrected chi connectivity index (χ0v) is 21.4. The Bertz CT molecular complexity index is 1780. The number of H-pyrrole nitrogens is 2. The maximum atomic E-state index is 14.6. The van der Waals surface area contributed by atoms with Gasteiger partial charge in [0.15, 0.2) is 0 Å². The molecule has 1 saturated carbocycles. The highest BCUT2D eigenvalue weighted by molar-refractivity contribution is 6.00. The molecule has 0 saturated heterocycles. The van der Waals surface area contributed by atoms with Crippen molar-refractivity contribution >= 4 is 21.8 Å². The van der Waals surface area contributed by atoms with Crippen molar-refractivity contribution in [1.29, 1.82) is 0 Å². The van der Waals surface area contributed by atoms with Gasteiger partial charge in [0.05, 0.1) is 28.8 Å². The molecule has 7 rings (SSSR count). The minimum Gasteiger partial charge on any atom is -0.353 e. The summed E-state index contributed by atoms with van der Waals surface area (Å²) in [6, 6.07) is 14.8. The number of nitrogens with zero attached hydrogens (tertiary/aromatic N) is 4. The molecule has 1 aliphatic rings. The van der Waals surface area contributed by atoms with Crippen LogP contribution in [0.3, 0.4) is 0 Å².